The summed E-state index contributed by atoms with van der Waals surface area (Å²) in [6.45, 7) is 1.76. The van der Waals surface area contributed by atoms with Crippen molar-refractivity contribution >= 4 is 0 Å². The molecule has 4 heteroatoms. The Morgan fingerprint density at radius 1 is 1.90 bits per heavy atom. The Morgan fingerprint density at radius 2 is 2.60 bits per heavy atom. The summed E-state index contributed by atoms with van der Waals surface area (Å²) >= 11 is 0. The molecule has 0 fully saturated rings. The van der Waals surface area contributed by atoms with E-state index in [1.807, 2.05) is 0 Å². The Kier molecular flexibility index (Phi) is 2.01. The van der Waals surface area contributed by atoms with E-state index in [4.69, 9.17) is 5.73 Å². The van der Waals surface area contributed by atoms with E-state index >= 15 is 0 Å². The van der Waals surface area contributed by atoms with Crippen molar-refractivity contribution in [3.63, 3.8) is 0 Å². The summed E-state index contributed by atoms with van der Waals surface area (Å²) in [4.78, 5) is 6.55. The van der Waals surface area contributed by atoms with E-state index in [-0.39, 0.29) is 6.54 Å². The van der Waals surface area contributed by atoms with Crippen LogP contribution < -0.4 is 5.73 Å². The molecule has 1 aromatic rings. The minimum atomic E-state index is -1.13. The van der Waals surface area contributed by atoms with Crippen LogP contribution >= 0.6 is 0 Å². The van der Waals surface area contributed by atoms with Crippen molar-refractivity contribution < 1.29 is 4.39 Å². The molecule has 3 nitrogen and oxygen atoms in total. The number of nitrogens with one attached hydrogen (secondary N) is 1. The number of aromatic nitrogens is 2. The van der Waals surface area contributed by atoms with Gasteiger partial charge in [0.05, 0.1) is 12.0 Å². The summed E-state index contributed by atoms with van der Waals surface area (Å²) in [6.07, 6.45) is 0.332. The molecule has 1 aromatic heterocycles. The van der Waals surface area contributed by atoms with Gasteiger partial charge in [0, 0.05) is 12.2 Å². The fourth-order valence-electron chi connectivity index (χ4n) is 0.797. The number of nitrogens with zero attached hydrogens (tertiary/aromatic N) is 1. The molecule has 0 aliphatic carbocycles. The fraction of sp³-hybridized carbons (Fsp3) is 0.500. The van der Waals surface area contributed by atoms with E-state index in [1.54, 1.807) is 6.92 Å². The normalized spacial score (nSPS) is 13.5. The molecule has 1 unspecified atom stereocenters. The van der Waals surface area contributed by atoms with Crippen molar-refractivity contribution in [2.75, 3.05) is 6.54 Å². The van der Waals surface area contributed by atoms with Gasteiger partial charge in [0.15, 0.2) is 6.17 Å². The minimum absolute atomic E-state index is 0.00824. The van der Waals surface area contributed by atoms with Crippen LogP contribution in [0.15, 0.2) is 6.33 Å². The zero-order valence-corrected chi connectivity index (χ0v) is 5.76. The standard InChI is InChI=1S/C6H10FN3/c1-4-6(5(7)2-8)10-3-9-4/h3,5H,2,8H2,1H3,(H,9,10). The van der Waals surface area contributed by atoms with Gasteiger partial charge in [-0.2, -0.15) is 0 Å². The number of halogens is 1. The third kappa shape index (κ3) is 1.16. The first-order chi connectivity index (χ1) is 4.75. The highest BCUT2D eigenvalue weighted by Crippen LogP contribution is 2.15. The third-order valence-corrected chi connectivity index (χ3v) is 1.37. The number of imidazole rings is 1. The van der Waals surface area contributed by atoms with Gasteiger partial charge >= 0.3 is 0 Å². The topological polar surface area (TPSA) is 54.7 Å². The van der Waals surface area contributed by atoms with Gasteiger partial charge in [-0.25, -0.2) is 9.37 Å². The summed E-state index contributed by atoms with van der Waals surface area (Å²) in [7, 11) is 0. The van der Waals surface area contributed by atoms with Gasteiger partial charge < -0.3 is 10.7 Å². The van der Waals surface area contributed by atoms with Crippen LogP contribution in [-0.4, -0.2) is 16.5 Å². The Bertz CT molecular complexity index is 209. The van der Waals surface area contributed by atoms with E-state index in [9.17, 15) is 4.39 Å². The zero-order valence-electron chi connectivity index (χ0n) is 5.76. The van der Waals surface area contributed by atoms with Gasteiger partial charge in [-0.15, -0.1) is 0 Å². The molecule has 10 heavy (non-hydrogen) atoms. The average molecular weight is 143 g/mol. The smallest absolute Gasteiger partial charge is 0.156 e. The molecular weight excluding hydrogens is 133 g/mol. The van der Waals surface area contributed by atoms with E-state index in [1.165, 1.54) is 6.33 Å². The van der Waals surface area contributed by atoms with Crippen molar-refractivity contribution in [3.05, 3.63) is 17.7 Å². The van der Waals surface area contributed by atoms with Crippen LogP contribution in [0.5, 0.6) is 0 Å². The highest BCUT2D eigenvalue weighted by molar-refractivity contribution is 5.11. The van der Waals surface area contributed by atoms with Gasteiger partial charge in [0.1, 0.15) is 0 Å². The van der Waals surface area contributed by atoms with E-state index < -0.39 is 6.17 Å². The molecule has 0 radical (unpaired) electrons. The number of rotatable bonds is 2. The number of aromatic amines is 1. The van der Waals surface area contributed by atoms with Crippen LogP contribution in [0.2, 0.25) is 0 Å². The highest BCUT2D eigenvalue weighted by atomic mass is 19.1. The summed E-state index contributed by atoms with van der Waals surface area (Å²) in [6, 6.07) is 0. The Labute approximate surface area is 58.5 Å². The molecule has 0 saturated heterocycles. The Morgan fingerprint density at radius 3 is 3.00 bits per heavy atom. The summed E-state index contributed by atoms with van der Waals surface area (Å²) in [5.41, 5.74) is 6.27. The van der Waals surface area contributed by atoms with E-state index in [0.29, 0.717) is 5.69 Å². The lowest BCUT2D eigenvalue weighted by Crippen LogP contribution is -2.08. The Hall–Kier alpha value is -0.900. The molecule has 0 spiro atoms. The molecule has 1 rings (SSSR count). The first-order valence-corrected chi connectivity index (χ1v) is 3.09. The second-order valence-corrected chi connectivity index (χ2v) is 2.12. The van der Waals surface area contributed by atoms with Crippen molar-refractivity contribution in [1.82, 2.24) is 9.97 Å². The number of hydrogen-bond acceptors (Lipinski definition) is 2. The maximum Gasteiger partial charge on any atom is 0.156 e. The van der Waals surface area contributed by atoms with Gasteiger partial charge in [-0.05, 0) is 6.92 Å². The van der Waals surface area contributed by atoms with Gasteiger partial charge in [0.25, 0.3) is 0 Å². The fourth-order valence-corrected chi connectivity index (χ4v) is 0.797. The molecule has 3 N–H and O–H groups in total. The second-order valence-electron chi connectivity index (χ2n) is 2.12. The summed E-state index contributed by atoms with van der Waals surface area (Å²) < 4.78 is 12.8. The lowest BCUT2D eigenvalue weighted by Gasteiger charge is -2.00. The summed E-state index contributed by atoms with van der Waals surface area (Å²) in [5, 5.41) is 0. The average Bonchev–Trinajstić information content (AvgIpc) is 2.34. The maximum absolute atomic E-state index is 12.8. The van der Waals surface area contributed by atoms with Crippen LogP contribution in [0.1, 0.15) is 17.6 Å². The molecule has 56 valence electrons. The highest BCUT2D eigenvalue weighted by Gasteiger charge is 2.11. The van der Waals surface area contributed by atoms with Gasteiger partial charge in [-0.1, -0.05) is 0 Å². The molecule has 0 aliphatic heterocycles. The number of hydrogen-bond donors (Lipinski definition) is 2. The molecule has 0 saturated carbocycles. The molecule has 0 bridgehead atoms. The van der Waals surface area contributed by atoms with Crippen molar-refractivity contribution in [3.8, 4) is 0 Å². The second kappa shape index (κ2) is 2.79. The number of H-pyrrole nitrogens is 1. The molecule has 1 atom stereocenters. The molecule has 1 heterocycles. The zero-order chi connectivity index (χ0) is 7.56. The first-order valence-electron chi connectivity index (χ1n) is 3.09. The third-order valence-electron chi connectivity index (χ3n) is 1.37. The van der Waals surface area contributed by atoms with E-state index in [0.717, 1.165) is 5.69 Å². The predicted molar refractivity (Wildman–Crippen MR) is 36.2 cm³/mol. The number of alkyl halides is 1. The lowest BCUT2D eigenvalue weighted by molar-refractivity contribution is 0.344. The van der Waals surface area contributed by atoms with Crippen molar-refractivity contribution in [2.45, 2.75) is 13.1 Å². The van der Waals surface area contributed by atoms with Crippen LogP contribution in [-0.2, 0) is 0 Å². The van der Waals surface area contributed by atoms with Crippen LogP contribution in [0, 0.1) is 6.92 Å². The van der Waals surface area contributed by atoms with Crippen LogP contribution in [0.4, 0.5) is 4.39 Å². The maximum atomic E-state index is 12.8. The predicted octanol–water partition coefficient (Wildman–Crippen LogP) is 0.687. The number of aryl methyl sites for hydroxylation is 1. The molecular formula is C6H10FN3. The SMILES string of the molecule is Cc1[nH]cnc1C(F)CN. The van der Waals surface area contributed by atoms with Crippen LogP contribution in [0.3, 0.4) is 0 Å². The molecule has 0 aliphatic rings. The van der Waals surface area contributed by atoms with E-state index in [2.05, 4.69) is 9.97 Å². The van der Waals surface area contributed by atoms with Crippen molar-refractivity contribution in [2.24, 2.45) is 5.73 Å². The number of nitrogens with two attached hydrogens (primary N) is 1. The lowest BCUT2D eigenvalue weighted by atomic mass is 10.2. The summed E-state index contributed by atoms with van der Waals surface area (Å²) in [5.74, 6) is 0. The first kappa shape index (κ1) is 7.21. The van der Waals surface area contributed by atoms with Crippen molar-refractivity contribution in [1.29, 1.82) is 0 Å². The van der Waals surface area contributed by atoms with Gasteiger partial charge in [-0.3, -0.25) is 0 Å². The molecule has 0 amide bonds. The quantitative estimate of drug-likeness (QED) is 0.639. The monoisotopic (exact) mass is 143 g/mol. The van der Waals surface area contributed by atoms with Gasteiger partial charge in [0.2, 0.25) is 0 Å². The van der Waals surface area contributed by atoms with Crippen LogP contribution in [0.25, 0.3) is 0 Å². The molecule has 0 aromatic carbocycles. The Balaban J connectivity index is 2.82. The largest absolute Gasteiger partial charge is 0.348 e. The minimum Gasteiger partial charge on any atom is -0.348 e.